The van der Waals surface area contributed by atoms with Gasteiger partial charge in [-0.25, -0.2) is 0 Å². The summed E-state index contributed by atoms with van der Waals surface area (Å²) in [5, 5.41) is 10.8. The molecule has 0 unspecified atom stereocenters. The Bertz CT molecular complexity index is 626. The van der Waals surface area contributed by atoms with Crippen molar-refractivity contribution in [1.82, 2.24) is 4.90 Å². The molecule has 2 rings (SSSR count). The van der Waals surface area contributed by atoms with Gasteiger partial charge in [0.05, 0.1) is 18.2 Å². The summed E-state index contributed by atoms with van der Waals surface area (Å²) >= 11 is 0. The lowest BCUT2D eigenvalue weighted by atomic mass is 9.90. The number of ether oxygens (including phenoxy) is 1. The van der Waals surface area contributed by atoms with Crippen LogP contribution < -0.4 is 4.74 Å². The van der Waals surface area contributed by atoms with Gasteiger partial charge in [-0.1, -0.05) is 6.08 Å². The third-order valence-electron chi connectivity index (χ3n) is 4.51. The average molecular weight is 317 g/mol. The standard InChI is InChI=1S/C19H27NO3/c1-19(2,3)20(4)18(22)14-11-12-15(23-5)16(17(14)21)13-9-7-6-8-10-13/h9,11-12,21H,6-8,10H2,1-5H3. The topological polar surface area (TPSA) is 49.8 Å². The highest BCUT2D eigenvalue weighted by Gasteiger charge is 2.28. The Morgan fingerprint density at radius 3 is 2.48 bits per heavy atom. The van der Waals surface area contributed by atoms with Crippen LogP contribution in [0.2, 0.25) is 0 Å². The molecule has 0 fully saturated rings. The minimum atomic E-state index is -0.312. The van der Waals surface area contributed by atoms with Crippen LogP contribution in [0.15, 0.2) is 18.2 Å². The van der Waals surface area contributed by atoms with Gasteiger partial charge in [-0.05, 0) is 64.2 Å². The van der Waals surface area contributed by atoms with Crippen molar-refractivity contribution in [3.8, 4) is 11.5 Å². The van der Waals surface area contributed by atoms with Crippen LogP contribution in [0.3, 0.4) is 0 Å². The molecule has 23 heavy (non-hydrogen) atoms. The minimum Gasteiger partial charge on any atom is -0.506 e. The van der Waals surface area contributed by atoms with E-state index in [0.29, 0.717) is 16.9 Å². The van der Waals surface area contributed by atoms with Gasteiger partial charge in [0.15, 0.2) is 0 Å². The Hall–Kier alpha value is -1.97. The Labute approximate surface area is 138 Å². The van der Waals surface area contributed by atoms with Crippen LogP contribution in [0.1, 0.15) is 62.4 Å². The molecule has 1 aromatic rings. The third-order valence-corrected chi connectivity index (χ3v) is 4.51. The quantitative estimate of drug-likeness (QED) is 0.907. The van der Waals surface area contributed by atoms with Gasteiger partial charge in [0.25, 0.3) is 5.91 Å². The van der Waals surface area contributed by atoms with Crippen molar-refractivity contribution in [1.29, 1.82) is 0 Å². The minimum absolute atomic E-state index is 0.0265. The molecule has 0 bridgehead atoms. The number of rotatable bonds is 3. The summed E-state index contributed by atoms with van der Waals surface area (Å²) in [4.78, 5) is 14.4. The van der Waals surface area contributed by atoms with Gasteiger partial charge in [-0.2, -0.15) is 0 Å². The monoisotopic (exact) mass is 317 g/mol. The van der Waals surface area contributed by atoms with Crippen LogP contribution in [-0.4, -0.2) is 35.6 Å². The molecule has 4 nitrogen and oxygen atoms in total. The molecule has 1 aliphatic carbocycles. The van der Waals surface area contributed by atoms with E-state index >= 15 is 0 Å². The Morgan fingerprint density at radius 1 is 1.26 bits per heavy atom. The Kier molecular flexibility index (Phi) is 5.03. The second-order valence-electron chi connectivity index (χ2n) is 7.05. The van der Waals surface area contributed by atoms with E-state index in [9.17, 15) is 9.90 Å². The normalized spacial score (nSPS) is 15.1. The first kappa shape index (κ1) is 17.4. The number of phenols is 1. The summed E-state index contributed by atoms with van der Waals surface area (Å²) in [5.74, 6) is 0.458. The van der Waals surface area contributed by atoms with E-state index in [4.69, 9.17) is 4.74 Å². The fourth-order valence-corrected chi connectivity index (χ4v) is 2.78. The molecule has 1 amide bonds. The van der Waals surface area contributed by atoms with Gasteiger partial charge >= 0.3 is 0 Å². The Morgan fingerprint density at radius 2 is 1.96 bits per heavy atom. The summed E-state index contributed by atoms with van der Waals surface area (Å²) in [6.07, 6.45) is 6.30. The number of benzene rings is 1. The highest BCUT2D eigenvalue weighted by molar-refractivity contribution is 5.99. The lowest BCUT2D eigenvalue weighted by Gasteiger charge is -2.32. The van der Waals surface area contributed by atoms with Crippen LogP contribution in [0.5, 0.6) is 11.5 Å². The maximum absolute atomic E-state index is 12.8. The van der Waals surface area contributed by atoms with Gasteiger partial charge in [-0.3, -0.25) is 4.79 Å². The van der Waals surface area contributed by atoms with Crippen molar-refractivity contribution in [3.05, 3.63) is 29.3 Å². The number of methoxy groups -OCH3 is 1. The lowest BCUT2D eigenvalue weighted by Crippen LogP contribution is -2.42. The molecule has 1 aromatic carbocycles. The molecule has 0 heterocycles. The SMILES string of the molecule is COc1ccc(C(=O)N(C)C(C)(C)C)c(O)c1C1=CCCCC1. The van der Waals surface area contributed by atoms with E-state index in [1.54, 1.807) is 31.2 Å². The zero-order valence-electron chi connectivity index (χ0n) is 14.8. The number of carbonyl (C=O) groups excluding carboxylic acids is 1. The first-order chi connectivity index (χ1) is 10.8. The second kappa shape index (κ2) is 6.65. The van der Waals surface area contributed by atoms with E-state index < -0.39 is 0 Å². The number of phenolic OH excluding ortho intramolecular Hbond substituents is 1. The van der Waals surface area contributed by atoms with E-state index in [0.717, 1.165) is 31.3 Å². The first-order valence-corrected chi connectivity index (χ1v) is 8.15. The summed E-state index contributed by atoms with van der Waals surface area (Å²) < 4.78 is 5.42. The van der Waals surface area contributed by atoms with Crippen LogP contribution in [0.25, 0.3) is 5.57 Å². The smallest absolute Gasteiger partial charge is 0.257 e. The molecular weight excluding hydrogens is 290 g/mol. The predicted molar refractivity (Wildman–Crippen MR) is 93.0 cm³/mol. The molecule has 126 valence electrons. The number of aromatic hydroxyl groups is 1. The summed E-state index contributed by atoms with van der Waals surface area (Å²) in [6, 6.07) is 3.42. The molecule has 0 saturated heterocycles. The summed E-state index contributed by atoms with van der Waals surface area (Å²) in [7, 11) is 3.34. The van der Waals surface area contributed by atoms with Crippen molar-refractivity contribution >= 4 is 11.5 Å². The second-order valence-corrected chi connectivity index (χ2v) is 7.05. The van der Waals surface area contributed by atoms with E-state index in [-0.39, 0.29) is 17.2 Å². The van der Waals surface area contributed by atoms with Crippen LogP contribution in [0.4, 0.5) is 0 Å². The highest BCUT2D eigenvalue weighted by atomic mass is 16.5. The zero-order chi connectivity index (χ0) is 17.2. The number of hydrogen-bond donors (Lipinski definition) is 1. The molecule has 0 aromatic heterocycles. The van der Waals surface area contributed by atoms with E-state index in [1.165, 1.54) is 0 Å². The highest BCUT2D eigenvalue weighted by Crippen LogP contribution is 2.41. The van der Waals surface area contributed by atoms with Gasteiger partial charge in [0.2, 0.25) is 0 Å². The van der Waals surface area contributed by atoms with Crippen LogP contribution in [0, 0.1) is 0 Å². The molecule has 0 radical (unpaired) electrons. The van der Waals surface area contributed by atoms with E-state index in [2.05, 4.69) is 6.08 Å². The molecule has 4 heteroatoms. The average Bonchev–Trinajstić information content (AvgIpc) is 2.53. The fraction of sp³-hybridized carbons (Fsp3) is 0.526. The van der Waals surface area contributed by atoms with Crippen molar-refractivity contribution in [2.45, 2.75) is 52.0 Å². The van der Waals surface area contributed by atoms with Gasteiger partial charge in [0.1, 0.15) is 11.5 Å². The predicted octanol–water partition coefficient (Wildman–Crippen LogP) is 4.23. The van der Waals surface area contributed by atoms with E-state index in [1.807, 2.05) is 20.8 Å². The molecule has 1 N–H and O–H groups in total. The lowest BCUT2D eigenvalue weighted by molar-refractivity contribution is 0.0652. The Balaban J connectivity index is 2.51. The van der Waals surface area contributed by atoms with Crippen molar-refractivity contribution in [2.24, 2.45) is 0 Å². The van der Waals surface area contributed by atoms with Crippen molar-refractivity contribution < 1.29 is 14.6 Å². The number of carbonyl (C=O) groups is 1. The maximum Gasteiger partial charge on any atom is 0.257 e. The molecule has 1 aliphatic rings. The number of hydrogen-bond acceptors (Lipinski definition) is 3. The van der Waals surface area contributed by atoms with Crippen LogP contribution >= 0.6 is 0 Å². The summed E-state index contributed by atoms with van der Waals surface area (Å²) in [5.41, 5.74) is 1.75. The van der Waals surface area contributed by atoms with Crippen molar-refractivity contribution in [2.75, 3.05) is 14.2 Å². The fourth-order valence-electron chi connectivity index (χ4n) is 2.78. The maximum atomic E-state index is 12.8. The number of nitrogens with zero attached hydrogens (tertiary/aromatic N) is 1. The van der Waals surface area contributed by atoms with Gasteiger partial charge in [0, 0.05) is 12.6 Å². The summed E-state index contributed by atoms with van der Waals surface area (Å²) in [6.45, 7) is 5.90. The van der Waals surface area contributed by atoms with Crippen LogP contribution in [-0.2, 0) is 0 Å². The largest absolute Gasteiger partial charge is 0.506 e. The zero-order valence-corrected chi connectivity index (χ0v) is 14.8. The molecule has 0 aliphatic heterocycles. The van der Waals surface area contributed by atoms with Gasteiger partial charge in [-0.15, -0.1) is 0 Å². The first-order valence-electron chi connectivity index (χ1n) is 8.15. The van der Waals surface area contributed by atoms with Gasteiger partial charge < -0.3 is 14.7 Å². The third kappa shape index (κ3) is 3.52. The number of allylic oxidation sites excluding steroid dienone is 2. The molecule has 0 saturated carbocycles. The molecular formula is C19H27NO3. The van der Waals surface area contributed by atoms with Crippen molar-refractivity contribution in [3.63, 3.8) is 0 Å². The molecule has 0 atom stereocenters. The number of amides is 1. The molecule has 0 spiro atoms.